The van der Waals surface area contributed by atoms with Crippen molar-refractivity contribution in [2.45, 2.75) is 0 Å². The zero-order valence-electron chi connectivity index (χ0n) is 13.5. The average molecular weight is 330 g/mol. The number of para-hydroxylation sites is 1. The first-order valence-corrected chi connectivity index (χ1v) is 7.22. The molecule has 6 nitrogen and oxygen atoms in total. The van der Waals surface area contributed by atoms with Gasteiger partial charge in [-0.1, -0.05) is 12.1 Å². The lowest BCUT2D eigenvalue weighted by atomic mass is 10.1. The minimum atomic E-state index is -0.630. The van der Waals surface area contributed by atoms with E-state index in [0.717, 1.165) is 0 Å². The largest absolute Gasteiger partial charge is 0.497 e. The number of rotatable bonds is 8. The number of hydrogen-bond donors (Lipinski definition) is 0. The lowest BCUT2D eigenvalue weighted by Crippen LogP contribution is -2.19. The Morgan fingerprint density at radius 3 is 2.17 bits per heavy atom. The Kier molecular flexibility index (Phi) is 6.19. The van der Waals surface area contributed by atoms with E-state index in [-0.39, 0.29) is 19.0 Å². The van der Waals surface area contributed by atoms with Crippen molar-refractivity contribution in [3.63, 3.8) is 0 Å². The Balaban J connectivity index is 1.81. The van der Waals surface area contributed by atoms with E-state index in [0.29, 0.717) is 22.8 Å². The van der Waals surface area contributed by atoms with Crippen LogP contribution in [-0.4, -0.2) is 39.2 Å². The van der Waals surface area contributed by atoms with E-state index >= 15 is 0 Å². The summed E-state index contributed by atoms with van der Waals surface area (Å²) in [5, 5.41) is 0. The van der Waals surface area contributed by atoms with Crippen LogP contribution in [0.3, 0.4) is 0 Å². The van der Waals surface area contributed by atoms with Gasteiger partial charge in [0.2, 0.25) is 5.78 Å². The molecule has 0 aliphatic carbocycles. The van der Waals surface area contributed by atoms with Crippen molar-refractivity contribution < 1.29 is 28.5 Å². The van der Waals surface area contributed by atoms with E-state index < -0.39 is 5.97 Å². The zero-order valence-corrected chi connectivity index (χ0v) is 13.5. The molecule has 0 saturated carbocycles. The Morgan fingerprint density at radius 1 is 0.833 bits per heavy atom. The van der Waals surface area contributed by atoms with Crippen molar-refractivity contribution in [3.8, 4) is 17.2 Å². The fraction of sp³-hybridized carbons (Fsp3) is 0.222. The van der Waals surface area contributed by atoms with Gasteiger partial charge in [-0.15, -0.1) is 0 Å². The number of benzene rings is 2. The number of ether oxygens (including phenoxy) is 4. The molecule has 0 aliphatic rings. The molecule has 24 heavy (non-hydrogen) atoms. The van der Waals surface area contributed by atoms with Crippen LogP contribution in [0.15, 0.2) is 48.5 Å². The standard InChI is InChI=1S/C18H18O6/c1-21-13-7-9-14(10-8-13)23-12-18(20)24-11-16(19)15-5-3-4-6-17(15)22-2/h3-10H,11-12H2,1-2H3. The third kappa shape index (κ3) is 4.74. The second-order valence-electron chi connectivity index (χ2n) is 4.75. The van der Waals surface area contributed by atoms with Crippen LogP contribution in [-0.2, 0) is 9.53 Å². The van der Waals surface area contributed by atoms with Gasteiger partial charge >= 0.3 is 5.97 Å². The molecular formula is C18H18O6. The monoisotopic (exact) mass is 330 g/mol. The van der Waals surface area contributed by atoms with E-state index in [1.165, 1.54) is 7.11 Å². The van der Waals surface area contributed by atoms with Crippen LogP contribution in [0.4, 0.5) is 0 Å². The van der Waals surface area contributed by atoms with Crippen molar-refractivity contribution in [1.82, 2.24) is 0 Å². The first kappa shape index (κ1) is 17.3. The number of ketones is 1. The Labute approximate surface area is 139 Å². The molecule has 0 amide bonds. The minimum Gasteiger partial charge on any atom is -0.497 e. The SMILES string of the molecule is COc1ccc(OCC(=O)OCC(=O)c2ccccc2OC)cc1. The second-order valence-corrected chi connectivity index (χ2v) is 4.75. The molecule has 126 valence electrons. The van der Waals surface area contributed by atoms with Crippen LogP contribution in [0.25, 0.3) is 0 Å². The molecule has 0 saturated heterocycles. The molecule has 0 aromatic heterocycles. The quantitative estimate of drug-likeness (QED) is 0.547. The molecule has 0 N–H and O–H groups in total. The third-order valence-electron chi connectivity index (χ3n) is 3.19. The van der Waals surface area contributed by atoms with Crippen LogP contribution in [0, 0.1) is 0 Å². The topological polar surface area (TPSA) is 71.1 Å². The van der Waals surface area contributed by atoms with E-state index in [4.69, 9.17) is 18.9 Å². The average Bonchev–Trinajstić information content (AvgIpc) is 2.64. The zero-order chi connectivity index (χ0) is 17.4. The van der Waals surface area contributed by atoms with Gasteiger partial charge in [0.1, 0.15) is 17.2 Å². The highest BCUT2D eigenvalue weighted by atomic mass is 16.6. The fourth-order valence-corrected chi connectivity index (χ4v) is 1.95. The molecular weight excluding hydrogens is 312 g/mol. The van der Waals surface area contributed by atoms with Gasteiger partial charge in [-0.2, -0.15) is 0 Å². The Morgan fingerprint density at radius 2 is 1.50 bits per heavy atom. The number of methoxy groups -OCH3 is 2. The molecule has 0 radical (unpaired) electrons. The Bertz CT molecular complexity index is 693. The summed E-state index contributed by atoms with van der Waals surface area (Å²) in [5.74, 6) is 0.656. The van der Waals surface area contributed by atoms with Gasteiger partial charge in [-0.05, 0) is 36.4 Å². The van der Waals surface area contributed by atoms with Crippen molar-refractivity contribution in [2.75, 3.05) is 27.4 Å². The molecule has 2 rings (SSSR count). The molecule has 2 aromatic carbocycles. The first-order chi connectivity index (χ1) is 11.6. The van der Waals surface area contributed by atoms with Gasteiger partial charge < -0.3 is 18.9 Å². The van der Waals surface area contributed by atoms with Gasteiger partial charge in [0.05, 0.1) is 19.8 Å². The maximum absolute atomic E-state index is 12.1. The molecule has 2 aromatic rings. The lowest BCUT2D eigenvalue weighted by Gasteiger charge is -2.09. The summed E-state index contributed by atoms with van der Waals surface area (Å²) >= 11 is 0. The van der Waals surface area contributed by atoms with E-state index in [1.54, 1.807) is 55.6 Å². The maximum atomic E-state index is 12.1. The summed E-state index contributed by atoms with van der Waals surface area (Å²) in [6.45, 7) is -0.656. The van der Waals surface area contributed by atoms with Crippen LogP contribution >= 0.6 is 0 Å². The fourth-order valence-electron chi connectivity index (χ4n) is 1.95. The number of esters is 1. The summed E-state index contributed by atoms with van der Waals surface area (Å²) in [6, 6.07) is 13.5. The van der Waals surface area contributed by atoms with Gasteiger partial charge in [-0.25, -0.2) is 4.79 Å². The van der Waals surface area contributed by atoms with Gasteiger partial charge in [0.25, 0.3) is 0 Å². The van der Waals surface area contributed by atoms with Crippen molar-refractivity contribution in [3.05, 3.63) is 54.1 Å². The molecule has 0 aliphatic heterocycles. The predicted molar refractivity (Wildman–Crippen MR) is 86.8 cm³/mol. The molecule has 0 atom stereocenters. The Hall–Kier alpha value is -3.02. The van der Waals surface area contributed by atoms with E-state index in [9.17, 15) is 9.59 Å². The molecule has 0 fully saturated rings. The van der Waals surface area contributed by atoms with Crippen LogP contribution < -0.4 is 14.2 Å². The summed E-state index contributed by atoms with van der Waals surface area (Å²) < 4.78 is 20.3. The van der Waals surface area contributed by atoms with Crippen LogP contribution in [0.5, 0.6) is 17.2 Å². The smallest absolute Gasteiger partial charge is 0.344 e. The van der Waals surface area contributed by atoms with Crippen LogP contribution in [0.1, 0.15) is 10.4 Å². The second kappa shape index (κ2) is 8.57. The maximum Gasteiger partial charge on any atom is 0.344 e. The predicted octanol–water partition coefficient (Wildman–Crippen LogP) is 2.51. The molecule has 0 bridgehead atoms. The van der Waals surface area contributed by atoms with Gasteiger partial charge in [0, 0.05) is 0 Å². The van der Waals surface area contributed by atoms with E-state index in [1.807, 2.05) is 0 Å². The van der Waals surface area contributed by atoms with Crippen LogP contribution in [0.2, 0.25) is 0 Å². The highest BCUT2D eigenvalue weighted by Crippen LogP contribution is 2.18. The molecule has 6 heteroatoms. The van der Waals surface area contributed by atoms with Gasteiger partial charge in [0.15, 0.2) is 13.2 Å². The highest BCUT2D eigenvalue weighted by Gasteiger charge is 2.14. The van der Waals surface area contributed by atoms with Crippen molar-refractivity contribution in [2.24, 2.45) is 0 Å². The van der Waals surface area contributed by atoms with Crippen molar-refractivity contribution in [1.29, 1.82) is 0 Å². The van der Waals surface area contributed by atoms with Gasteiger partial charge in [-0.3, -0.25) is 4.79 Å². The number of Topliss-reactive ketones (excluding diaryl/α,β-unsaturated/α-hetero) is 1. The minimum absolute atomic E-state index is 0.286. The summed E-state index contributed by atoms with van der Waals surface area (Å²) in [6.07, 6.45) is 0. The van der Waals surface area contributed by atoms with E-state index in [2.05, 4.69) is 0 Å². The number of carbonyl (C=O) groups is 2. The number of carbonyl (C=O) groups excluding carboxylic acids is 2. The lowest BCUT2D eigenvalue weighted by molar-refractivity contribution is -0.144. The normalized spacial score (nSPS) is 9.92. The molecule has 0 unspecified atom stereocenters. The van der Waals surface area contributed by atoms with Crippen molar-refractivity contribution >= 4 is 11.8 Å². The molecule has 0 spiro atoms. The summed E-state index contributed by atoms with van der Waals surface area (Å²) in [4.78, 5) is 23.7. The third-order valence-corrected chi connectivity index (χ3v) is 3.19. The summed E-state index contributed by atoms with van der Waals surface area (Å²) in [7, 11) is 3.03. The number of hydrogen-bond acceptors (Lipinski definition) is 6. The molecule has 0 heterocycles. The summed E-state index contributed by atoms with van der Waals surface area (Å²) in [5.41, 5.74) is 0.365. The highest BCUT2D eigenvalue weighted by molar-refractivity contribution is 6.00. The first-order valence-electron chi connectivity index (χ1n) is 7.22.